The first-order valence-electron chi connectivity index (χ1n) is 5.71. The molecule has 2 rings (SSSR count). The van der Waals surface area contributed by atoms with Crippen LogP contribution in [0.15, 0.2) is 36.5 Å². The van der Waals surface area contributed by atoms with Gasteiger partial charge in [0, 0.05) is 19.8 Å². The fraction of sp³-hybridized carbons (Fsp3) is 0.143. The molecule has 5 heteroatoms. The van der Waals surface area contributed by atoms with Crippen LogP contribution in [0.5, 0.6) is 0 Å². The molecule has 0 saturated heterocycles. The maximum atomic E-state index is 8.88. The van der Waals surface area contributed by atoms with Gasteiger partial charge in [0.05, 0.1) is 22.3 Å². The van der Waals surface area contributed by atoms with E-state index < -0.39 is 0 Å². The Balaban J connectivity index is 2.20. The maximum absolute atomic E-state index is 8.88. The van der Waals surface area contributed by atoms with E-state index in [1.54, 1.807) is 18.3 Å². The molecule has 2 aromatic rings. The third kappa shape index (κ3) is 3.15. The number of nitriles is 1. The number of rotatable bonds is 3. The van der Waals surface area contributed by atoms with E-state index in [-0.39, 0.29) is 0 Å². The highest BCUT2D eigenvalue weighted by Gasteiger charge is 2.08. The Hall–Kier alpha value is -2.25. The molecule has 0 spiro atoms. The van der Waals surface area contributed by atoms with E-state index in [2.05, 4.69) is 11.1 Å². The van der Waals surface area contributed by atoms with Crippen molar-refractivity contribution < 1.29 is 0 Å². The second kappa shape index (κ2) is 5.59. The Labute approximate surface area is 117 Å². The van der Waals surface area contributed by atoms with Gasteiger partial charge in [0.15, 0.2) is 5.82 Å². The molecule has 0 bridgehead atoms. The Morgan fingerprint density at radius 3 is 2.89 bits per heavy atom. The van der Waals surface area contributed by atoms with E-state index in [0.717, 1.165) is 5.56 Å². The Morgan fingerprint density at radius 2 is 2.21 bits per heavy atom. The molecule has 0 radical (unpaired) electrons. The number of nitrogens with two attached hydrogens (primary N) is 1. The first-order valence-corrected chi connectivity index (χ1v) is 6.09. The number of halogens is 1. The number of pyridine rings is 1. The van der Waals surface area contributed by atoms with E-state index in [9.17, 15) is 0 Å². The van der Waals surface area contributed by atoms with Crippen LogP contribution < -0.4 is 10.6 Å². The minimum Gasteiger partial charge on any atom is -0.396 e. The average Bonchev–Trinajstić information content (AvgIpc) is 2.38. The fourth-order valence-corrected chi connectivity index (χ4v) is 2.02. The molecule has 1 heterocycles. The van der Waals surface area contributed by atoms with Crippen molar-refractivity contribution >= 4 is 23.1 Å². The zero-order valence-corrected chi connectivity index (χ0v) is 11.2. The van der Waals surface area contributed by atoms with Crippen LogP contribution in [0.25, 0.3) is 0 Å². The molecule has 1 aromatic carbocycles. The first-order chi connectivity index (χ1) is 9.10. The molecule has 0 aliphatic carbocycles. The van der Waals surface area contributed by atoms with Crippen molar-refractivity contribution in [3.63, 3.8) is 0 Å². The van der Waals surface area contributed by atoms with Gasteiger partial charge in [-0.3, -0.25) is 0 Å². The van der Waals surface area contributed by atoms with Crippen molar-refractivity contribution in [1.82, 2.24) is 4.98 Å². The number of nitrogens with zero attached hydrogens (tertiary/aromatic N) is 3. The van der Waals surface area contributed by atoms with Gasteiger partial charge < -0.3 is 10.6 Å². The first kappa shape index (κ1) is 13.2. The van der Waals surface area contributed by atoms with E-state index in [4.69, 9.17) is 22.6 Å². The highest BCUT2D eigenvalue weighted by molar-refractivity contribution is 6.30. The Bertz CT molecular complexity index is 634. The van der Waals surface area contributed by atoms with Crippen LogP contribution in [-0.4, -0.2) is 12.0 Å². The largest absolute Gasteiger partial charge is 0.396 e. The standard InChI is InChI=1S/C14H13ClN4/c1-19(14-13(17)6-12(15)8-18-14)9-11-4-2-3-10(5-11)7-16/h2-6,8H,9,17H2,1H3. The van der Waals surface area contributed by atoms with Crippen molar-refractivity contribution in [3.8, 4) is 6.07 Å². The summed E-state index contributed by atoms with van der Waals surface area (Å²) in [6.07, 6.45) is 1.56. The minimum absolute atomic E-state index is 0.515. The Morgan fingerprint density at radius 1 is 1.42 bits per heavy atom. The number of nitrogen functional groups attached to an aromatic ring is 1. The number of aromatic nitrogens is 1. The smallest absolute Gasteiger partial charge is 0.151 e. The molecular weight excluding hydrogens is 260 g/mol. The topological polar surface area (TPSA) is 65.9 Å². The van der Waals surface area contributed by atoms with Crippen LogP contribution >= 0.6 is 11.6 Å². The van der Waals surface area contributed by atoms with Crippen LogP contribution in [0.3, 0.4) is 0 Å². The lowest BCUT2D eigenvalue weighted by Gasteiger charge is -2.20. The van der Waals surface area contributed by atoms with E-state index in [0.29, 0.717) is 28.6 Å². The molecule has 0 atom stereocenters. The molecule has 4 nitrogen and oxygen atoms in total. The van der Waals surface area contributed by atoms with E-state index >= 15 is 0 Å². The molecule has 2 N–H and O–H groups in total. The fourth-order valence-electron chi connectivity index (χ4n) is 1.85. The monoisotopic (exact) mass is 272 g/mol. The maximum Gasteiger partial charge on any atom is 0.151 e. The SMILES string of the molecule is CN(Cc1cccc(C#N)c1)c1ncc(Cl)cc1N. The molecule has 0 saturated carbocycles. The number of hydrogen-bond donors (Lipinski definition) is 1. The van der Waals surface area contributed by atoms with Gasteiger partial charge >= 0.3 is 0 Å². The molecule has 0 aliphatic heterocycles. The van der Waals surface area contributed by atoms with Gasteiger partial charge in [-0.25, -0.2) is 4.98 Å². The van der Waals surface area contributed by atoms with Crippen molar-refractivity contribution in [1.29, 1.82) is 5.26 Å². The van der Waals surface area contributed by atoms with Crippen LogP contribution in [0, 0.1) is 11.3 Å². The van der Waals surface area contributed by atoms with Gasteiger partial charge in [0.25, 0.3) is 0 Å². The van der Waals surface area contributed by atoms with Gasteiger partial charge in [-0.15, -0.1) is 0 Å². The van der Waals surface area contributed by atoms with Gasteiger partial charge in [-0.05, 0) is 23.8 Å². The zero-order valence-electron chi connectivity index (χ0n) is 10.5. The third-order valence-corrected chi connectivity index (χ3v) is 2.91. The highest BCUT2D eigenvalue weighted by atomic mass is 35.5. The lowest BCUT2D eigenvalue weighted by atomic mass is 10.1. The summed E-state index contributed by atoms with van der Waals surface area (Å²) in [6.45, 7) is 0.619. The summed E-state index contributed by atoms with van der Waals surface area (Å²) >= 11 is 5.82. The molecule has 0 aliphatic rings. The molecule has 1 aromatic heterocycles. The van der Waals surface area contributed by atoms with Crippen LogP contribution in [-0.2, 0) is 6.54 Å². The quantitative estimate of drug-likeness (QED) is 0.933. The lowest BCUT2D eigenvalue weighted by molar-refractivity contribution is 0.900. The molecule has 19 heavy (non-hydrogen) atoms. The third-order valence-electron chi connectivity index (χ3n) is 2.70. The summed E-state index contributed by atoms with van der Waals surface area (Å²) in [7, 11) is 1.89. The molecular formula is C14H13ClN4. The molecule has 0 fully saturated rings. The predicted octanol–water partition coefficient (Wildman–Crippen LogP) is 2.83. The summed E-state index contributed by atoms with van der Waals surface area (Å²) in [4.78, 5) is 6.14. The van der Waals surface area contributed by atoms with Gasteiger partial charge in [-0.1, -0.05) is 23.7 Å². The van der Waals surface area contributed by atoms with Gasteiger partial charge in [0.1, 0.15) is 0 Å². The summed E-state index contributed by atoms with van der Waals surface area (Å²) < 4.78 is 0. The second-order valence-electron chi connectivity index (χ2n) is 4.23. The summed E-state index contributed by atoms with van der Waals surface area (Å²) in [6, 6.07) is 11.2. The zero-order chi connectivity index (χ0) is 13.8. The lowest BCUT2D eigenvalue weighted by Crippen LogP contribution is -2.19. The van der Waals surface area contributed by atoms with Crippen molar-refractivity contribution in [2.75, 3.05) is 17.7 Å². The summed E-state index contributed by atoms with van der Waals surface area (Å²) in [5, 5.41) is 9.39. The van der Waals surface area contributed by atoms with Crippen LogP contribution in [0.4, 0.5) is 11.5 Å². The number of benzene rings is 1. The van der Waals surface area contributed by atoms with Crippen LogP contribution in [0.2, 0.25) is 5.02 Å². The number of hydrogen-bond acceptors (Lipinski definition) is 4. The van der Waals surface area contributed by atoms with Gasteiger partial charge in [0.2, 0.25) is 0 Å². The summed E-state index contributed by atoms with van der Waals surface area (Å²) in [5.41, 5.74) is 8.09. The second-order valence-corrected chi connectivity index (χ2v) is 4.67. The number of anilines is 2. The van der Waals surface area contributed by atoms with Crippen molar-refractivity contribution in [2.24, 2.45) is 0 Å². The van der Waals surface area contributed by atoms with E-state index in [1.165, 1.54) is 0 Å². The van der Waals surface area contributed by atoms with E-state index in [1.807, 2.05) is 30.1 Å². The molecule has 0 amide bonds. The molecule has 96 valence electrons. The Kier molecular flexibility index (Phi) is 3.88. The van der Waals surface area contributed by atoms with Crippen LogP contribution in [0.1, 0.15) is 11.1 Å². The highest BCUT2D eigenvalue weighted by Crippen LogP contribution is 2.23. The molecule has 0 unspecified atom stereocenters. The summed E-state index contributed by atoms with van der Waals surface area (Å²) in [5.74, 6) is 0.673. The minimum atomic E-state index is 0.515. The average molecular weight is 273 g/mol. The predicted molar refractivity (Wildman–Crippen MR) is 76.9 cm³/mol. The van der Waals surface area contributed by atoms with Crippen molar-refractivity contribution in [3.05, 3.63) is 52.7 Å². The normalized spacial score (nSPS) is 9.95. The van der Waals surface area contributed by atoms with Crippen molar-refractivity contribution in [2.45, 2.75) is 6.54 Å². The van der Waals surface area contributed by atoms with Gasteiger partial charge in [-0.2, -0.15) is 5.26 Å².